The highest BCUT2D eigenvalue weighted by Gasteiger charge is 2.38. The maximum atomic E-state index is 13.3. The van der Waals surface area contributed by atoms with Crippen molar-refractivity contribution in [2.75, 3.05) is 11.9 Å². The minimum Gasteiger partial charge on any atom is -0.448 e. The zero-order chi connectivity index (χ0) is 20.6. The van der Waals surface area contributed by atoms with E-state index in [1.165, 1.54) is 0 Å². The van der Waals surface area contributed by atoms with Gasteiger partial charge in [-0.25, -0.2) is 9.18 Å². The van der Waals surface area contributed by atoms with E-state index in [0.717, 1.165) is 16.8 Å². The number of nitrogens with zero attached hydrogens (tertiary/aromatic N) is 3. The molecule has 2 heterocycles. The summed E-state index contributed by atoms with van der Waals surface area (Å²) in [4.78, 5) is 35.3. The number of hydrogen-bond donors (Lipinski definition) is 2. The van der Waals surface area contributed by atoms with E-state index in [4.69, 9.17) is 4.74 Å². The second-order valence-electron chi connectivity index (χ2n) is 6.64. The number of nitro groups is 1. The normalized spacial score (nSPS) is 14.4. The highest BCUT2D eigenvalue weighted by atomic mass is 19.1. The number of ether oxygens (including phenoxy) is 1. The molecule has 1 aliphatic heterocycles. The smallest absolute Gasteiger partial charge is 0.436 e. The average Bonchev–Trinajstić information content (AvgIpc) is 3.13. The maximum Gasteiger partial charge on any atom is 0.436 e. The van der Waals surface area contributed by atoms with E-state index in [2.05, 4.69) is 15.7 Å². The molecule has 148 valence electrons. The average molecular weight is 391 g/mol. The second kappa shape index (κ2) is 7.00. The van der Waals surface area contributed by atoms with Crippen LogP contribution in [-0.4, -0.2) is 33.3 Å². The second-order valence-corrected chi connectivity index (χ2v) is 6.64. The zero-order valence-electron chi connectivity index (χ0n) is 15.4. The Bertz CT molecular complexity index is 985. The van der Waals surface area contributed by atoms with Crippen molar-refractivity contribution in [2.45, 2.75) is 32.9 Å². The van der Waals surface area contributed by atoms with Gasteiger partial charge in [0.2, 0.25) is 0 Å². The summed E-state index contributed by atoms with van der Waals surface area (Å²) >= 11 is 0. The first-order valence-corrected chi connectivity index (χ1v) is 8.45. The van der Waals surface area contributed by atoms with Crippen LogP contribution in [0.1, 0.15) is 42.4 Å². The third-order valence-electron chi connectivity index (χ3n) is 4.36. The van der Waals surface area contributed by atoms with Crippen LogP contribution in [0.3, 0.4) is 0 Å². The van der Waals surface area contributed by atoms with Crippen molar-refractivity contribution < 1.29 is 23.6 Å². The van der Waals surface area contributed by atoms with E-state index in [1.54, 1.807) is 6.92 Å². The lowest BCUT2D eigenvalue weighted by molar-refractivity contribution is -0.385. The van der Waals surface area contributed by atoms with Gasteiger partial charge in [-0.15, -0.1) is 4.68 Å². The molecule has 28 heavy (non-hydrogen) atoms. The molecule has 0 bridgehead atoms. The number of anilines is 1. The van der Waals surface area contributed by atoms with Crippen LogP contribution in [0.15, 0.2) is 18.2 Å². The van der Waals surface area contributed by atoms with Crippen LogP contribution in [0, 0.1) is 15.9 Å². The summed E-state index contributed by atoms with van der Waals surface area (Å²) in [5.74, 6) is -1.66. The van der Waals surface area contributed by atoms with Crippen LogP contribution >= 0.6 is 0 Å². The predicted octanol–water partition coefficient (Wildman–Crippen LogP) is 2.53. The van der Waals surface area contributed by atoms with E-state index in [0.29, 0.717) is 23.9 Å². The quantitative estimate of drug-likeness (QED) is 0.605. The minimum absolute atomic E-state index is 0.0511. The van der Waals surface area contributed by atoms with Gasteiger partial charge in [0.15, 0.2) is 0 Å². The van der Waals surface area contributed by atoms with Crippen molar-refractivity contribution in [3.8, 4) is 0 Å². The SMILES string of the molecule is CCOC(=O)n1nc2c(c1NC(=O)c1ccc(F)cc1[N+](=O)[O-])CNC2(C)C. The fourth-order valence-corrected chi connectivity index (χ4v) is 2.98. The molecule has 1 aromatic heterocycles. The van der Waals surface area contributed by atoms with Gasteiger partial charge < -0.3 is 15.4 Å². The summed E-state index contributed by atoms with van der Waals surface area (Å²) in [6.45, 7) is 5.76. The summed E-state index contributed by atoms with van der Waals surface area (Å²) in [5.41, 5.74) is -0.466. The van der Waals surface area contributed by atoms with Gasteiger partial charge >= 0.3 is 6.09 Å². The van der Waals surface area contributed by atoms with Gasteiger partial charge in [-0.2, -0.15) is 5.10 Å². The standard InChI is InChI=1S/C17H18FN5O5/c1-4-28-16(25)22-14(11-8-19-17(2,3)13(11)21-22)20-15(24)10-6-5-9(18)7-12(10)23(26)27/h5-7,19H,4,8H2,1-3H3,(H,20,24). The molecule has 0 spiro atoms. The number of carbonyl (C=O) groups is 2. The molecule has 11 heteroatoms. The Morgan fingerprint density at radius 2 is 2.18 bits per heavy atom. The maximum absolute atomic E-state index is 13.3. The van der Waals surface area contributed by atoms with Crippen molar-refractivity contribution in [3.63, 3.8) is 0 Å². The van der Waals surface area contributed by atoms with Crippen LogP contribution < -0.4 is 10.6 Å². The summed E-state index contributed by atoms with van der Waals surface area (Å²) in [6, 6.07) is 2.61. The number of benzene rings is 1. The topological polar surface area (TPSA) is 128 Å². The summed E-state index contributed by atoms with van der Waals surface area (Å²) in [6.07, 6.45) is -0.795. The molecule has 0 aliphatic carbocycles. The molecular weight excluding hydrogens is 373 g/mol. The van der Waals surface area contributed by atoms with Crippen molar-refractivity contribution >= 4 is 23.5 Å². The lowest BCUT2D eigenvalue weighted by Gasteiger charge is -2.17. The first-order chi connectivity index (χ1) is 13.2. The van der Waals surface area contributed by atoms with Crippen molar-refractivity contribution in [1.29, 1.82) is 0 Å². The molecular formula is C17H18FN5O5. The van der Waals surface area contributed by atoms with Gasteiger partial charge in [-0.05, 0) is 32.9 Å². The number of fused-ring (bicyclic) bond motifs is 1. The van der Waals surface area contributed by atoms with Crippen LogP contribution in [-0.2, 0) is 16.8 Å². The fraction of sp³-hybridized carbons (Fsp3) is 0.353. The van der Waals surface area contributed by atoms with Gasteiger partial charge in [0.05, 0.1) is 28.8 Å². The number of amides is 1. The van der Waals surface area contributed by atoms with E-state index in [9.17, 15) is 24.1 Å². The number of carbonyl (C=O) groups excluding carboxylic acids is 2. The Kier molecular flexibility index (Phi) is 4.86. The third-order valence-corrected chi connectivity index (χ3v) is 4.36. The number of nitrogens with one attached hydrogen (secondary N) is 2. The lowest BCUT2D eigenvalue weighted by Crippen LogP contribution is -2.31. The minimum atomic E-state index is -0.871. The Balaban J connectivity index is 2.04. The number of hydrogen-bond acceptors (Lipinski definition) is 7. The van der Waals surface area contributed by atoms with E-state index >= 15 is 0 Å². The van der Waals surface area contributed by atoms with E-state index < -0.39 is 34.0 Å². The van der Waals surface area contributed by atoms with Crippen LogP contribution in [0.5, 0.6) is 0 Å². The summed E-state index contributed by atoms with van der Waals surface area (Å²) < 4.78 is 19.2. The highest BCUT2D eigenvalue weighted by molar-refractivity contribution is 6.07. The molecule has 1 aliphatic rings. The monoisotopic (exact) mass is 391 g/mol. The van der Waals surface area contributed by atoms with Crippen LogP contribution in [0.4, 0.5) is 20.7 Å². The highest BCUT2D eigenvalue weighted by Crippen LogP contribution is 2.35. The number of aromatic nitrogens is 2. The Labute approximate surface area is 158 Å². The van der Waals surface area contributed by atoms with Gasteiger partial charge in [-0.1, -0.05) is 0 Å². The molecule has 1 amide bonds. The van der Waals surface area contributed by atoms with Crippen molar-refractivity contribution in [2.24, 2.45) is 0 Å². The Morgan fingerprint density at radius 1 is 1.46 bits per heavy atom. The van der Waals surface area contributed by atoms with E-state index in [1.807, 2.05) is 13.8 Å². The van der Waals surface area contributed by atoms with Gasteiger partial charge in [0.1, 0.15) is 17.2 Å². The molecule has 10 nitrogen and oxygen atoms in total. The Hall–Kier alpha value is -3.34. The first kappa shape index (κ1) is 19.4. The molecule has 0 fully saturated rings. The van der Waals surface area contributed by atoms with Gasteiger partial charge in [0.25, 0.3) is 11.6 Å². The molecule has 0 unspecified atom stereocenters. The summed E-state index contributed by atoms with van der Waals surface area (Å²) in [7, 11) is 0. The molecule has 2 N–H and O–H groups in total. The summed E-state index contributed by atoms with van der Waals surface area (Å²) in [5, 5.41) is 21.1. The molecule has 0 atom stereocenters. The molecule has 2 aromatic rings. The molecule has 1 aromatic carbocycles. The van der Waals surface area contributed by atoms with Crippen LogP contribution in [0.2, 0.25) is 0 Å². The fourth-order valence-electron chi connectivity index (χ4n) is 2.98. The lowest BCUT2D eigenvalue weighted by atomic mass is 10.0. The molecule has 0 radical (unpaired) electrons. The van der Waals surface area contributed by atoms with E-state index in [-0.39, 0.29) is 18.0 Å². The number of rotatable bonds is 4. The molecule has 0 saturated carbocycles. The number of nitro benzene ring substituents is 1. The molecule has 3 rings (SSSR count). The molecule has 0 saturated heterocycles. The van der Waals surface area contributed by atoms with Gasteiger partial charge in [0, 0.05) is 12.1 Å². The number of halogens is 1. The zero-order valence-corrected chi connectivity index (χ0v) is 15.4. The largest absolute Gasteiger partial charge is 0.448 e. The first-order valence-electron chi connectivity index (χ1n) is 8.45. The Morgan fingerprint density at radius 3 is 2.82 bits per heavy atom. The van der Waals surface area contributed by atoms with Crippen molar-refractivity contribution in [3.05, 3.63) is 51.0 Å². The predicted molar refractivity (Wildman–Crippen MR) is 95.5 cm³/mol. The van der Waals surface area contributed by atoms with Crippen LogP contribution in [0.25, 0.3) is 0 Å². The third kappa shape index (κ3) is 3.31. The van der Waals surface area contributed by atoms with Crippen molar-refractivity contribution in [1.82, 2.24) is 15.1 Å². The van der Waals surface area contributed by atoms with Gasteiger partial charge in [-0.3, -0.25) is 14.9 Å².